The molecule has 4 rings (SSSR count). The number of morpholine rings is 1. The Balaban J connectivity index is 1.53. The Bertz CT molecular complexity index is 740. The number of hydrogen-bond acceptors (Lipinski definition) is 4. The third-order valence-corrected chi connectivity index (χ3v) is 4.73. The number of benzene rings is 1. The minimum atomic E-state index is -0.213. The van der Waals surface area contributed by atoms with E-state index in [0.29, 0.717) is 19.7 Å². The van der Waals surface area contributed by atoms with E-state index in [4.69, 9.17) is 4.74 Å². The molecule has 0 N–H and O–H groups in total. The maximum absolute atomic E-state index is 12.8. The van der Waals surface area contributed by atoms with E-state index in [9.17, 15) is 4.79 Å². The zero-order chi connectivity index (χ0) is 15.8. The average molecular weight is 312 g/mol. The molecule has 2 aliphatic rings. The predicted octanol–water partition coefficient (Wildman–Crippen LogP) is 1.52. The van der Waals surface area contributed by atoms with E-state index in [1.54, 1.807) is 6.33 Å². The number of hydrogen-bond donors (Lipinski definition) is 0. The van der Waals surface area contributed by atoms with Crippen molar-refractivity contribution in [3.8, 4) is 0 Å². The second-order valence-corrected chi connectivity index (χ2v) is 6.25. The van der Waals surface area contributed by atoms with E-state index in [0.717, 1.165) is 24.2 Å². The highest BCUT2D eigenvalue weighted by Gasteiger charge is 2.29. The SMILES string of the molecule is Cn1cnnc1[C@H]1CN(C(=O)c2ccc3c(c2)CCC3)CCO1. The van der Waals surface area contributed by atoms with Crippen LogP contribution in [0.4, 0.5) is 0 Å². The molecule has 0 unspecified atom stereocenters. The standard InChI is InChI=1S/C17H20N4O2/c1-20-11-18-19-16(20)15-10-21(7-8-23-15)17(22)14-6-5-12-3-2-4-13(12)9-14/h5-6,9,11,15H,2-4,7-8,10H2,1H3/t15-/m1/s1. The molecule has 6 heteroatoms. The Morgan fingerprint density at radius 1 is 1.30 bits per heavy atom. The van der Waals surface area contributed by atoms with Crippen LogP contribution in [0.1, 0.15) is 39.8 Å². The fourth-order valence-corrected chi connectivity index (χ4v) is 3.46. The smallest absolute Gasteiger partial charge is 0.254 e. The lowest BCUT2D eigenvalue weighted by atomic mass is 10.1. The summed E-state index contributed by atoms with van der Waals surface area (Å²) >= 11 is 0. The van der Waals surface area contributed by atoms with Gasteiger partial charge in [0.2, 0.25) is 0 Å². The lowest BCUT2D eigenvalue weighted by Gasteiger charge is -2.32. The quantitative estimate of drug-likeness (QED) is 0.843. The number of fused-ring (bicyclic) bond motifs is 1. The minimum absolute atomic E-state index is 0.0789. The van der Waals surface area contributed by atoms with Gasteiger partial charge in [-0.1, -0.05) is 6.07 Å². The molecule has 0 radical (unpaired) electrons. The van der Waals surface area contributed by atoms with Gasteiger partial charge in [0.05, 0.1) is 13.2 Å². The van der Waals surface area contributed by atoms with Gasteiger partial charge in [0, 0.05) is 19.2 Å². The third-order valence-electron chi connectivity index (χ3n) is 4.73. The highest BCUT2D eigenvalue weighted by Crippen LogP contribution is 2.25. The highest BCUT2D eigenvalue weighted by atomic mass is 16.5. The predicted molar refractivity (Wildman–Crippen MR) is 84.1 cm³/mol. The van der Waals surface area contributed by atoms with E-state index in [1.165, 1.54) is 17.5 Å². The van der Waals surface area contributed by atoms with Crippen LogP contribution in [0.15, 0.2) is 24.5 Å². The molecule has 23 heavy (non-hydrogen) atoms. The van der Waals surface area contributed by atoms with Crippen LogP contribution in [0.25, 0.3) is 0 Å². The van der Waals surface area contributed by atoms with Crippen LogP contribution in [-0.2, 0) is 24.6 Å². The number of aryl methyl sites for hydroxylation is 3. The van der Waals surface area contributed by atoms with E-state index < -0.39 is 0 Å². The molecule has 1 aliphatic carbocycles. The summed E-state index contributed by atoms with van der Waals surface area (Å²) in [5.41, 5.74) is 3.50. The molecule has 1 aliphatic heterocycles. The number of carbonyl (C=O) groups excluding carboxylic acids is 1. The average Bonchev–Trinajstić information content (AvgIpc) is 3.22. The summed E-state index contributed by atoms with van der Waals surface area (Å²) in [6.45, 7) is 1.65. The lowest BCUT2D eigenvalue weighted by Crippen LogP contribution is -2.42. The van der Waals surface area contributed by atoms with Crippen molar-refractivity contribution < 1.29 is 9.53 Å². The summed E-state index contributed by atoms with van der Waals surface area (Å²) in [6, 6.07) is 6.13. The van der Waals surface area contributed by atoms with Crippen molar-refractivity contribution in [1.82, 2.24) is 19.7 Å². The van der Waals surface area contributed by atoms with Gasteiger partial charge in [0.15, 0.2) is 5.82 Å². The molecular formula is C17H20N4O2. The molecule has 1 atom stereocenters. The monoisotopic (exact) mass is 312 g/mol. The highest BCUT2D eigenvalue weighted by molar-refractivity contribution is 5.94. The van der Waals surface area contributed by atoms with Crippen LogP contribution >= 0.6 is 0 Å². The van der Waals surface area contributed by atoms with Gasteiger partial charge in [-0.2, -0.15) is 0 Å². The van der Waals surface area contributed by atoms with Gasteiger partial charge < -0.3 is 14.2 Å². The zero-order valence-electron chi connectivity index (χ0n) is 13.2. The van der Waals surface area contributed by atoms with Crippen molar-refractivity contribution in [3.05, 3.63) is 47.0 Å². The number of aromatic nitrogens is 3. The van der Waals surface area contributed by atoms with Crippen LogP contribution in [0, 0.1) is 0 Å². The molecule has 6 nitrogen and oxygen atoms in total. The lowest BCUT2D eigenvalue weighted by molar-refractivity contribution is -0.0281. The van der Waals surface area contributed by atoms with Gasteiger partial charge >= 0.3 is 0 Å². The third kappa shape index (κ3) is 2.63. The van der Waals surface area contributed by atoms with E-state index >= 15 is 0 Å². The number of nitrogens with zero attached hydrogens (tertiary/aromatic N) is 4. The Kier molecular flexibility index (Phi) is 3.61. The fraction of sp³-hybridized carbons (Fsp3) is 0.471. The van der Waals surface area contributed by atoms with Gasteiger partial charge in [0.25, 0.3) is 5.91 Å². The summed E-state index contributed by atoms with van der Waals surface area (Å²) in [4.78, 5) is 14.7. The van der Waals surface area contributed by atoms with Crippen molar-refractivity contribution in [3.63, 3.8) is 0 Å². The number of carbonyl (C=O) groups is 1. The molecule has 0 saturated carbocycles. The molecule has 0 spiro atoms. The first-order valence-corrected chi connectivity index (χ1v) is 8.09. The van der Waals surface area contributed by atoms with Crippen LogP contribution in [0.5, 0.6) is 0 Å². The van der Waals surface area contributed by atoms with Crippen LogP contribution < -0.4 is 0 Å². The molecule has 2 aromatic rings. The van der Waals surface area contributed by atoms with Crippen LogP contribution in [0.2, 0.25) is 0 Å². The summed E-state index contributed by atoms with van der Waals surface area (Å²) in [5.74, 6) is 0.839. The molecule has 1 aromatic carbocycles. The Morgan fingerprint density at radius 2 is 2.17 bits per heavy atom. The number of ether oxygens (including phenoxy) is 1. The molecule has 1 saturated heterocycles. The van der Waals surface area contributed by atoms with E-state index in [2.05, 4.69) is 22.3 Å². The van der Waals surface area contributed by atoms with Gasteiger partial charge in [0.1, 0.15) is 12.4 Å². The van der Waals surface area contributed by atoms with Gasteiger partial charge in [-0.3, -0.25) is 4.79 Å². The largest absolute Gasteiger partial charge is 0.366 e. The molecule has 120 valence electrons. The molecule has 1 aromatic heterocycles. The van der Waals surface area contributed by atoms with Crippen molar-refractivity contribution in [2.45, 2.75) is 25.4 Å². The van der Waals surface area contributed by atoms with E-state index in [1.807, 2.05) is 22.6 Å². The Hall–Kier alpha value is -2.21. The first-order valence-electron chi connectivity index (χ1n) is 8.09. The zero-order valence-corrected chi connectivity index (χ0v) is 13.2. The first kappa shape index (κ1) is 14.4. The molecule has 1 amide bonds. The van der Waals surface area contributed by atoms with Crippen LogP contribution in [0.3, 0.4) is 0 Å². The number of rotatable bonds is 2. The summed E-state index contributed by atoms with van der Waals surface area (Å²) in [5, 5.41) is 8.00. The molecular weight excluding hydrogens is 292 g/mol. The van der Waals surface area contributed by atoms with Crippen molar-refractivity contribution >= 4 is 5.91 Å². The molecule has 2 heterocycles. The van der Waals surface area contributed by atoms with Gasteiger partial charge in [-0.05, 0) is 42.5 Å². The molecule has 0 bridgehead atoms. The Morgan fingerprint density at radius 3 is 3.00 bits per heavy atom. The maximum Gasteiger partial charge on any atom is 0.254 e. The summed E-state index contributed by atoms with van der Waals surface area (Å²) < 4.78 is 7.62. The second-order valence-electron chi connectivity index (χ2n) is 6.25. The second kappa shape index (κ2) is 5.77. The Labute approximate surface area is 135 Å². The maximum atomic E-state index is 12.8. The van der Waals surface area contributed by atoms with Gasteiger partial charge in [-0.25, -0.2) is 0 Å². The van der Waals surface area contributed by atoms with E-state index in [-0.39, 0.29) is 12.0 Å². The number of amides is 1. The summed E-state index contributed by atoms with van der Waals surface area (Å²) in [7, 11) is 1.89. The van der Waals surface area contributed by atoms with Gasteiger partial charge in [-0.15, -0.1) is 10.2 Å². The normalized spacial score (nSPS) is 20.6. The minimum Gasteiger partial charge on any atom is -0.366 e. The van der Waals surface area contributed by atoms with Crippen molar-refractivity contribution in [2.24, 2.45) is 7.05 Å². The molecule has 1 fully saturated rings. The topological polar surface area (TPSA) is 60.2 Å². The summed E-state index contributed by atoms with van der Waals surface area (Å²) in [6.07, 6.45) is 4.85. The van der Waals surface area contributed by atoms with Crippen LogP contribution in [-0.4, -0.2) is 45.3 Å². The first-order chi connectivity index (χ1) is 11.2. The van der Waals surface area contributed by atoms with Crippen molar-refractivity contribution in [2.75, 3.05) is 19.7 Å². The van der Waals surface area contributed by atoms with Crippen molar-refractivity contribution in [1.29, 1.82) is 0 Å². The fourth-order valence-electron chi connectivity index (χ4n) is 3.46.